The van der Waals surface area contributed by atoms with Crippen molar-refractivity contribution in [2.24, 2.45) is 0 Å². The fourth-order valence-corrected chi connectivity index (χ4v) is 1.80. The molecule has 2 aromatic rings. The van der Waals surface area contributed by atoms with Gasteiger partial charge in [0.25, 0.3) is 5.91 Å². The van der Waals surface area contributed by atoms with E-state index in [0.29, 0.717) is 6.54 Å². The average molecular weight is 283 g/mol. The summed E-state index contributed by atoms with van der Waals surface area (Å²) in [5.41, 5.74) is -0.936. The Hall–Kier alpha value is -2.31. The molecule has 0 spiro atoms. The molecule has 1 amide bonds. The Balaban J connectivity index is 2.29. The molecule has 0 unspecified atom stereocenters. The van der Waals surface area contributed by atoms with Gasteiger partial charge in [0, 0.05) is 12.7 Å². The summed E-state index contributed by atoms with van der Waals surface area (Å²) < 4.78 is 39.9. The van der Waals surface area contributed by atoms with E-state index in [1.807, 2.05) is 0 Å². The minimum atomic E-state index is -4.52. The minimum absolute atomic E-state index is 0.212. The largest absolute Gasteiger partial charge is 0.418 e. The lowest BCUT2D eigenvalue weighted by molar-refractivity contribution is -0.136. The molecule has 0 radical (unpaired) electrons. The highest BCUT2D eigenvalue weighted by Crippen LogP contribution is 2.34. The Morgan fingerprint density at radius 2 is 2.00 bits per heavy atom. The third-order valence-corrected chi connectivity index (χ3v) is 2.73. The number of alkyl halides is 3. The standard InChI is InChI=1S/C13H12F3N3O/c1-2-19-11(7-8-17-19)12(20)18-10-6-4-3-5-9(10)13(14,15)16/h3-8H,2H2,1H3,(H,18,20). The van der Waals surface area contributed by atoms with Gasteiger partial charge in [0.15, 0.2) is 0 Å². The van der Waals surface area contributed by atoms with Crippen molar-refractivity contribution in [2.45, 2.75) is 19.6 Å². The highest BCUT2D eigenvalue weighted by molar-refractivity contribution is 6.03. The highest BCUT2D eigenvalue weighted by atomic mass is 19.4. The van der Waals surface area contributed by atoms with Crippen LogP contribution in [0.4, 0.5) is 18.9 Å². The second-order valence-corrected chi connectivity index (χ2v) is 4.03. The van der Waals surface area contributed by atoms with Crippen LogP contribution in [0.5, 0.6) is 0 Å². The predicted octanol–water partition coefficient (Wildman–Crippen LogP) is 3.17. The van der Waals surface area contributed by atoms with Gasteiger partial charge in [-0.2, -0.15) is 18.3 Å². The number of benzene rings is 1. The van der Waals surface area contributed by atoms with E-state index < -0.39 is 17.6 Å². The van der Waals surface area contributed by atoms with Gasteiger partial charge in [-0.05, 0) is 25.1 Å². The summed E-state index contributed by atoms with van der Waals surface area (Å²) in [6, 6.07) is 6.30. The Labute approximate surface area is 113 Å². The van der Waals surface area contributed by atoms with Crippen molar-refractivity contribution in [2.75, 3.05) is 5.32 Å². The van der Waals surface area contributed by atoms with E-state index in [-0.39, 0.29) is 11.4 Å². The number of hydrogen-bond donors (Lipinski definition) is 1. The van der Waals surface area contributed by atoms with Crippen LogP contribution < -0.4 is 5.32 Å². The van der Waals surface area contributed by atoms with Crippen molar-refractivity contribution in [3.05, 3.63) is 47.8 Å². The van der Waals surface area contributed by atoms with Crippen LogP contribution in [0.2, 0.25) is 0 Å². The van der Waals surface area contributed by atoms with Gasteiger partial charge in [-0.1, -0.05) is 12.1 Å². The van der Waals surface area contributed by atoms with E-state index >= 15 is 0 Å². The number of nitrogens with one attached hydrogen (secondary N) is 1. The summed E-state index contributed by atoms with van der Waals surface area (Å²) in [5.74, 6) is -0.624. The number of halogens is 3. The molecule has 0 fully saturated rings. The molecule has 4 nitrogen and oxygen atoms in total. The first-order valence-electron chi connectivity index (χ1n) is 5.93. The summed E-state index contributed by atoms with van der Waals surface area (Å²) in [6.07, 6.45) is -3.09. The molecule has 1 aromatic heterocycles. The van der Waals surface area contributed by atoms with Crippen LogP contribution in [0.1, 0.15) is 23.0 Å². The molecular formula is C13H12F3N3O. The van der Waals surface area contributed by atoms with Gasteiger partial charge in [0.2, 0.25) is 0 Å². The van der Waals surface area contributed by atoms with E-state index in [1.165, 1.54) is 35.1 Å². The maximum Gasteiger partial charge on any atom is 0.418 e. The molecule has 0 saturated heterocycles. The molecule has 7 heteroatoms. The normalized spacial score (nSPS) is 11.4. The number of hydrogen-bond acceptors (Lipinski definition) is 2. The zero-order chi connectivity index (χ0) is 14.8. The van der Waals surface area contributed by atoms with Crippen LogP contribution in [0, 0.1) is 0 Å². The average Bonchev–Trinajstić information content (AvgIpc) is 2.86. The van der Waals surface area contributed by atoms with E-state index in [1.54, 1.807) is 6.92 Å². The maximum absolute atomic E-state index is 12.8. The molecule has 0 atom stereocenters. The van der Waals surface area contributed by atoms with Crippen LogP contribution in [0.25, 0.3) is 0 Å². The third-order valence-electron chi connectivity index (χ3n) is 2.73. The van der Waals surface area contributed by atoms with Crippen LogP contribution in [-0.2, 0) is 12.7 Å². The van der Waals surface area contributed by atoms with E-state index in [0.717, 1.165) is 6.07 Å². The van der Waals surface area contributed by atoms with Crippen LogP contribution in [0.3, 0.4) is 0 Å². The van der Waals surface area contributed by atoms with Crippen molar-refractivity contribution >= 4 is 11.6 Å². The molecule has 0 aliphatic carbocycles. The number of anilines is 1. The smallest absolute Gasteiger partial charge is 0.320 e. The Bertz CT molecular complexity index is 619. The van der Waals surface area contributed by atoms with Crippen molar-refractivity contribution in [1.82, 2.24) is 9.78 Å². The van der Waals surface area contributed by atoms with Crippen molar-refractivity contribution in [1.29, 1.82) is 0 Å². The lowest BCUT2D eigenvalue weighted by Crippen LogP contribution is -2.19. The first kappa shape index (κ1) is 14.1. The highest BCUT2D eigenvalue weighted by Gasteiger charge is 2.33. The molecule has 0 aliphatic rings. The lowest BCUT2D eigenvalue weighted by atomic mass is 10.1. The van der Waals surface area contributed by atoms with Crippen molar-refractivity contribution in [3.63, 3.8) is 0 Å². The number of carbonyl (C=O) groups is 1. The zero-order valence-corrected chi connectivity index (χ0v) is 10.6. The van der Waals surface area contributed by atoms with E-state index in [4.69, 9.17) is 0 Å². The lowest BCUT2D eigenvalue weighted by Gasteiger charge is -2.13. The van der Waals surface area contributed by atoms with Gasteiger partial charge in [0.05, 0.1) is 11.3 Å². The Morgan fingerprint density at radius 3 is 2.65 bits per heavy atom. The summed E-state index contributed by atoms with van der Waals surface area (Å²) in [4.78, 5) is 12.0. The number of aromatic nitrogens is 2. The molecule has 1 aromatic carbocycles. The fourth-order valence-electron chi connectivity index (χ4n) is 1.80. The van der Waals surface area contributed by atoms with Gasteiger partial charge >= 0.3 is 6.18 Å². The number of nitrogens with zero attached hydrogens (tertiary/aromatic N) is 2. The van der Waals surface area contributed by atoms with Gasteiger partial charge in [-0.15, -0.1) is 0 Å². The topological polar surface area (TPSA) is 46.9 Å². The van der Waals surface area contributed by atoms with Crippen molar-refractivity contribution < 1.29 is 18.0 Å². The monoisotopic (exact) mass is 283 g/mol. The SMILES string of the molecule is CCn1nccc1C(=O)Nc1ccccc1C(F)(F)F. The van der Waals surface area contributed by atoms with Crippen LogP contribution in [-0.4, -0.2) is 15.7 Å². The van der Waals surface area contributed by atoms with E-state index in [9.17, 15) is 18.0 Å². The van der Waals surface area contributed by atoms with Gasteiger partial charge in [-0.25, -0.2) is 0 Å². The second-order valence-electron chi connectivity index (χ2n) is 4.03. The van der Waals surface area contributed by atoms with Crippen LogP contribution in [0.15, 0.2) is 36.5 Å². The van der Waals surface area contributed by atoms with Gasteiger partial charge in [-0.3, -0.25) is 9.48 Å². The summed E-state index contributed by atoms with van der Waals surface area (Å²) in [6.45, 7) is 2.24. The third kappa shape index (κ3) is 2.81. The maximum atomic E-state index is 12.8. The summed E-state index contributed by atoms with van der Waals surface area (Å²) in [5, 5.41) is 6.18. The number of para-hydroxylation sites is 1. The quantitative estimate of drug-likeness (QED) is 0.940. The molecule has 0 bridgehead atoms. The van der Waals surface area contributed by atoms with Crippen molar-refractivity contribution in [3.8, 4) is 0 Å². The first-order valence-corrected chi connectivity index (χ1v) is 5.93. The van der Waals surface area contributed by atoms with Gasteiger partial charge < -0.3 is 5.32 Å². The summed E-state index contributed by atoms with van der Waals surface area (Å²) >= 11 is 0. The number of aryl methyl sites for hydroxylation is 1. The number of amides is 1. The summed E-state index contributed by atoms with van der Waals surface area (Å²) in [7, 11) is 0. The molecule has 0 aliphatic heterocycles. The molecule has 20 heavy (non-hydrogen) atoms. The molecule has 2 rings (SSSR count). The van der Waals surface area contributed by atoms with E-state index in [2.05, 4.69) is 10.4 Å². The van der Waals surface area contributed by atoms with Gasteiger partial charge in [0.1, 0.15) is 5.69 Å². The number of carbonyl (C=O) groups excluding carboxylic acids is 1. The van der Waals surface area contributed by atoms with Crippen LogP contribution >= 0.6 is 0 Å². The predicted molar refractivity (Wildman–Crippen MR) is 67.3 cm³/mol. The molecule has 1 heterocycles. The second kappa shape index (κ2) is 5.36. The molecule has 0 saturated carbocycles. The Morgan fingerprint density at radius 1 is 1.30 bits per heavy atom. The fraction of sp³-hybridized carbons (Fsp3) is 0.231. The minimum Gasteiger partial charge on any atom is -0.320 e. The first-order chi connectivity index (χ1) is 9.43. The Kier molecular flexibility index (Phi) is 3.78. The number of rotatable bonds is 3. The molecular weight excluding hydrogens is 271 g/mol. The molecule has 1 N–H and O–H groups in total. The zero-order valence-electron chi connectivity index (χ0n) is 10.6. The molecule has 106 valence electrons.